The Bertz CT molecular complexity index is 802. The van der Waals surface area contributed by atoms with Crippen LogP contribution in [0.25, 0.3) is 0 Å². The molecule has 0 aromatic heterocycles. The molecular formula is C19H24N2O3S. The van der Waals surface area contributed by atoms with Gasteiger partial charge in [-0.25, -0.2) is 8.42 Å². The van der Waals surface area contributed by atoms with E-state index in [1.807, 2.05) is 32.0 Å². The van der Waals surface area contributed by atoms with Crippen LogP contribution in [0.15, 0.2) is 59.5 Å². The third kappa shape index (κ3) is 4.67. The zero-order chi connectivity index (χ0) is 18.4. The zero-order valence-corrected chi connectivity index (χ0v) is 15.6. The van der Waals surface area contributed by atoms with Gasteiger partial charge in [0.2, 0.25) is 15.9 Å². The van der Waals surface area contributed by atoms with Gasteiger partial charge in [0.1, 0.15) is 6.04 Å². The number of anilines is 1. The summed E-state index contributed by atoms with van der Waals surface area (Å²) in [7, 11) is -3.74. The highest BCUT2D eigenvalue weighted by molar-refractivity contribution is 7.89. The molecule has 0 aliphatic heterocycles. The molecule has 2 aromatic rings. The van der Waals surface area contributed by atoms with Crippen LogP contribution in [0.2, 0.25) is 0 Å². The summed E-state index contributed by atoms with van der Waals surface area (Å²) in [4.78, 5) is 12.7. The second-order valence-electron chi connectivity index (χ2n) is 5.96. The molecule has 5 nitrogen and oxygen atoms in total. The summed E-state index contributed by atoms with van der Waals surface area (Å²) in [5.41, 5.74) is 1.62. The minimum atomic E-state index is -3.74. The molecule has 0 spiro atoms. The topological polar surface area (TPSA) is 66.5 Å². The number of nitrogens with one attached hydrogen (secondary N) is 1. The molecule has 1 atom stereocenters. The predicted molar refractivity (Wildman–Crippen MR) is 99.9 cm³/mol. The average molecular weight is 360 g/mol. The molecule has 0 saturated carbocycles. The molecule has 1 amide bonds. The van der Waals surface area contributed by atoms with Crippen LogP contribution in [-0.4, -0.2) is 31.2 Å². The number of amides is 1. The van der Waals surface area contributed by atoms with Crippen LogP contribution in [-0.2, 0) is 14.8 Å². The number of para-hydroxylation sites is 1. The molecule has 25 heavy (non-hydrogen) atoms. The van der Waals surface area contributed by atoms with Crippen molar-refractivity contribution < 1.29 is 13.2 Å². The number of carbonyl (C=O) groups excluding carboxylic acids is 1. The van der Waals surface area contributed by atoms with Gasteiger partial charge in [-0.2, -0.15) is 4.31 Å². The molecule has 0 bridgehead atoms. The first-order valence-corrected chi connectivity index (χ1v) is 9.74. The first-order valence-electron chi connectivity index (χ1n) is 8.30. The summed E-state index contributed by atoms with van der Waals surface area (Å²) < 4.78 is 27.2. The molecule has 2 rings (SSSR count). The number of benzene rings is 2. The number of nitrogens with zero attached hydrogens (tertiary/aromatic N) is 1. The van der Waals surface area contributed by atoms with Crippen LogP contribution in [0.1, 0.15) is 25.8 Å². The number of sulfonamides is 1. The maximum absolute atomic E-state index is 13.0. The lowest BCUT2D eigenvalue weighted by atomic mass is 10.2. The van der Waals surface area contributed by atoms with Crippen molar-refractivity contribution in [3.8, 4) is 0 Å². The van der Waals surface area contributed by atoms with Crippen LogP contribution in [0.4, 0.5) is 5.69 Å². The average Bonchev–Trinajstić information content (AvgIpc) is 2.60. The summed E-state index contributed by atoms with van der Waals surface area (Å²) in [6.45, 7) is 5.68. The Morgan fingerprint density at radius 1 is 1.08 bits per heavy atom. The maximum atomic E-state index is 13.0. The second-order valence-corrected chi connectivity index (χ2v) is 7.85. The fourth-order valence-corrected chi connectivity index (χ4v) is 4.17. The zero-order valence-electron chi connectivity index (χ0n) is 14.8. The number of aryl methyl sites for hydroxylation is 1. The molecule has 2 aromatic carbocycles. The second kappa shape index (κ2) is 8.27. The van der Waals surface area contributed by atoms with Gasteiger partial charge in [-0.15, -0.1) is 0 Å². The highest BCUT2D eigenvalue weighted by atomic mass is 32.2. The van der Waals surface area contributed by atoms with Gasteiger partial charge in [0.15, 0.2) is 0 Å². The Labute approximate surface area is 149 Å². The fourth-order valence-electron chi connectivity index (χ4n) is 2.49. The fraction of sp³-hybridized carbons (Fsp3) is 0.316. The van der Waals surface area contributed by atoms with Crippen LogP contribution >= 0.6 is 0 Å². The van der Waals surface area contributed by atoms with Crippen LogP contribution < -0.4 is 5.32 Å². The molecule has 0 radical (unpaired) electrons. The highest BCUT2D eigenvalue weighted by Gasteiger charge is 2.32. The number of rotatable bonds is 7. The van der Waals surface area contributed by atoms with E-state index in [1.165, 1.54) is 4.31 Å². The first-order chi connectivity index (χ1) is 11.9. The molecule has 134 valence electrons. The van der Waals surface area contributed by atoms with Crippen molar-refractivity contribution in [2.24, 2.45) is 0 Å². The maximum Gasteiger partial charge on any atom is 0.243 e. The van der Waals surface area contributed by atoms with Gasteiger partial charge >= 0.3 is 0 Å². The molecule has 0 aliphatic carbocycles. The number of hydrogen-bond acceptors (Lipinski definition) is 3. The Balaban J connectivity index is 2.26. The van der Waals surface area contributed by atoms with E-state index in [9.17, 15) is 13.2 Å². The van der Waals surface area contributed by atoms with Crippen molar-refractivity contribution >= 4 is 21.6 Å². The van der Waals surface area contributed by atoms with E-state index in [0.29, 0.717) is 12.1 Å². The molecular weight excluding hydrogens is 336 g/mol. The Morgan fingerprint density at radius 2 is 1.68 bits per heavy atom. The molecule has 0 fully saturated rings. The van der Waals surface area contributed by atoms with Crippen LogP contribution in [0, 0.1) is 6.92 Å². The lowest BCUT2D eigenvalue weighted by molar-refractivity contribution is -0.119. The molecule has 0 unspecified atom stereocenters. The van der Waals surface area contributed by atoms with Crippen molar-refractivity contribution in [3.05, 3.63) is 60.2 Å². The predicted octanol–water partition coefficient (Wildman–Crippen LogP) is 3.42. The molecule has 0 heterocycles. The Kier molecular flexibility index (Phi) is 6.33. The van der Waals surface area contributed by atoms with Crippen molar-refractivity contribution in [1.29, 1.82) is 0 Å². The summed E-state index contributed by atoms with van der Waals surface area (Å²) in [5, 5.41) is 2.77. The van der Waals surface area contributed by atoms with Crippen LogP contribution in [0.5, 0.6) is 0 Å². The standard InChI is InChI=1S/C19H24N2O3S/c1-4-14-21(25(23,24)18-12-10-15(2)11-13-18)16(3)19(22)20-17-8-6-5-7-9-17/h5-13,16H,4,14H2,1-3H3,(H,20,22)/t16-/m1/s1. The van der Waals surface area contributed by atoms with E-state index in [0.717, 1.165) is 5.56 Å². The summed E-state index contributed by atoms with van der Waals surface area (Å²) >= 11 is 0. The van der Waals surface area contributed by atoms with Gasteiger partial charge in [0.25, 0.3) is 0 Å². The number of hydrogen-bond donors (Lipinski definition) is 1. The van der Waals surface area contributed by atoms with Crippen molar-refractivity contribution in [2.75, 3.05) is 11.9 Å². The van der Waals surface area contributed by atoms with E-state index in [4.69, 9.17) is 0 Å². The Hall–Kier alpha value is -2.18. The largest absolute Gasteiger partial charge is 0.325 e. The van der Waals surface area contributed by atoms with E-state index >= 15 is 0 Å². The van der Waals surface area contributed by atoms with E-state index < -0.39 is 16.1 Å². The van der Waals surface area contributed by atoms with E-state index in [1.54, 1.807) is 43.3 Å². The van der Waals surface area contributed by atoms with E-state index in [-0.39, 0.29) is 17.3 Å². The molecule has 0 aliphatic rings. The lowest BCUT2D eigenvalue weighted by Gasteiger charge is -2.27. The van der Waals surface area contributed by atoms with Crippen LogP contribution in [0.3, 0.4) is 0 Å². The Morgan fingerprint density at radius 3 is 2.24 bits per heavy atom. The van der Waals surface area contributed by atoms with Gasteiger partial charge < -0.3 is 5.32 Å². The smallest absolute Gasteiger partial charge is 0.243 e. The number of carbonyl (C=O) groups is 1. The molecule has 0 saturated heterocycles. The van der Waals surface area contributed by atoms with Gasteiger partial charge in [0.05, 0.1) is 4.90 Å². The normalized spacial score (nSPS) is 12.8. The monoisotopic (exact) mass is 360 g/mol. The summed E-state index contributed by atoms with van der Waals surface area (Å²) in [6, 6.07) is 14.9. The van der Waals surface area contributed by atoms with Crippen molar-refractivity contribution in [2.45, 2.75) is 38.1 Å². The van der Waals surface area contributed by atoms with Gasteiger partial charge in [-0.3, -0.25) is 4.79 Å². The lowest BCUT2D eigenvalue weighted by Crippen LogP contribution is -2.45. The van der Waals surface area contributed by atoms with Gasteiger partial charge in [0, 0.05) is 12.2 Å². The van der Waals surface area contributed by atoms with Crippen molar-refractivity contribution in [1.82, 2.24) is 4.31 Å². The third-order valence-electron chi connectivity index (χ3n) is 3.92. The van der Waals surface area contributed by atoms with Gasteiger partial charge in [-0.1, -0.05) is 42.8 Å². The molecule has 6 heteroatoms. The third-order valence-corrected chi connectivity index (χ3v) is 5.91. The van der Waals surface area contributed by atoms with Crippen molar-refractivity contribution in [3.63, 3.8) is 0 Å². The minimum absolute atomic E-state index is 0.200. The first kappa shape index (κ1) is 19.1. The summed E-state index contributed by atoms with van der Waals surface area (Å²) in [5.74, 6) is -0.352. The quantitative estimate of drug-likeness (QED) is 0.823. The summed E-state index contributed by atoms with van der Waals surface area (Å²) in [6.07, 6.45) is 0.619. The molecule has 1 N–H and O–H groups in total. The highest BCUT2D eigenvalue weighted by Crippen LogP contribution is 2.20. The minimum Gasteiger partial charge on any atom is -0.325 e. The van der Waals surface area contributed by atoms with E-state index in [2.05, 4.69) is 5.32 Å². The SMILES string of the molecule is CCCN([C@H](C)C(=O)Nc1ccccc1)S(=O)(=O)c1ccc(C)cc1. The van der Waals surface area contributed by atoms with Gasteiger partial charge in [-0.05, 0) is 44.5 Å².